The number of rotatable bonds is 0. The molecule has 0 fully saturated rings. The van der Waals surface area contributed by atoms with Crippen molar-refractivity contribution in [3.05, 3.63) is 0 Å². The third kappa shape index (κ3) is 27.3. The predicted octanol–water partition coefficient (Wildman–Crippen LogP) is -6.27. The Morgan fingerprint density at radius 3 is 0.800 bits per heavy atom. The van der Waals surface area contributed by atoms with Gasteiger partial charge in [-0.3, -0.25) is 0 Å². The molecule has 32 valence electrons. The molecule has 0 saturated carbocycles. The first-order valence-corrected chi connectivity index (χ1v) is 0. The van der Waals surface area contributed by atoms with Crippen LogP contribution in [0.25, 0.3) is 0 Å². The molecule has 0 aromatic rings. The van der Waals surface area contributed by atoms with Crippen LogP contribution < -0.4 is 29.6 Å². The van der Waals surface area contributed by atoms with E-state index in [0.29, 0.717) is 0 Å². The van der Waals surface area contributed by atoms with Crippen LogP contribution in [0.3, 0.4) is 0 Å². The Labute approximate surface area is 70.8 Å². The van der Waals surface area contributed by atoms with Gasteiger partial charge in [-0.25, -0.2) is 0 Å². The van der Waals surface area contributed by atoms with Gasteiger partial charge in [0.1, 0.15) is 0 Å². The van der Waals surface area contributed by atoms with Gasteiger partial charge in [0.05, 0.1) is 0 Å². The summed E-state index contributed by atoms with van der Waals surface area (Å²) in [7, 11) is 0. The van der Waals surface area contributed by atoms with Crippen LogP contribution in [0.15, 0.2) is 0 Å². The van der Waals surface area contributed by atoms with E-state index in [2.05, 4.69) is 0 Å². The van der Waals surface area contributed by atoms with Crippen molar-refractivity contribution in [3.63, 3.8) is 0 Å². The zero-order chi connectivity index (χ0) is 0. The van der Waals surface area contributed by atoms with E-state index in [0.717, 1.165) is 0 Å². The van der Waals surface area contributed by atoms with Crippen molar-refractivity contribution in [3.8, 4) is 0 Å². The quantitative estimate of drug-likeness (QED) is 0.347. The van der Waals surface area contributed by atoms with Crippen molar-refractivity contribution in [2.75, 3.05) is 0 Å². The molecular formula is H9NaO3Sn. The SMILES string of the molecule is O.O.O.[H-].[Na+].[SnH2]. The van der Waals surface area contributed by atoms with Crippen molar-refractivity contribution in [1.29, 1.82) is 0 Å². The van der Waals surface area contributed by atoms with E-state index in [1.54, 1.807) is 0 Å². The second-order valence-electron chi connectivity index (χ2n) is 0. The summed E-state index contributed by atoms with van der Waals surface area (Å²) >= 11 is 0. The Kier molecular flexibility index (Phi) is 674. The van der Waals surface area contributed by atoms with Crippen molar-refractivity contribution >= 4 is 23.9 Å². The summed E-state index contributed by atoms with van der Waals surface area (Å²) in [6, 6.07) is 0. The maximum atomic E-state index is 0. The molecule has 0 saturated heterocycles. The molecule has 0 atom stereocenters. The molecule has 0 heterocycles. The summed E-state index contributed by atoms with van der Waals surface area (Å²) in [6.07, 6.45) is 0. The van der Waals surface area contributed by atoms with E-state index in [4.69, 9.17) is 0 Å². The molecule has 6 N–H and O–H groups in total. The Balaban J connectivity index is 0. The maximum absolute atomic E-state index is 0. The average molecular weight is 199 g/mol. The van der Waals surface area contributed by atoms with Crippen molar-refractivity contribution in [2.45, 2.75) is 0 Å². The fraction of sp³-hybridized carbons (Fsp3) is 0. The molecule has 0 aromatic carbocycles. The van der Waals surface area contributed by atoms with E-state index in [1.807, 2.05) is 0 Å². The third-order valence-corrected chi connectivity index (χ3v) is 0. The van der Waals surface area contributed by atoms with E-state index in [9.17, 15) is 0 Å². The van der Waals surface area contributed by atoms with Crippen LogP contribution in [0.2, 0.25) is 0 Å². The molecule has 0 spiro atoms. The molecule has 5 heavy (non-hydrogen) atoms. The molecule has 0 amide bonds. The van der Waals surface area contributed by atoms with Gasteiger partial charge in [-0.15, -0.1) is 0 Å². The van der Waals surface area contributed by atoms with Gasteiger partial charge in [-0.05, 0) is 0 Å². The standard InChI is InChI=1S/Na.3H2O.Sn.3H/h;3*1H2;;;;/q+1;;;;;;;-1. The molecule has 0 unspecified atom stereocenters. The second kappa shape index (κ2) is 44.1. The van der Waals surface area contributed by atoms with Crippen molar-refractivity contribution < 1.29 is 47.4 Å². The number of hydrogen-bond acceptors (Lipinski definition) is 0. The normalized spacial score (nSPS) is 0. The Morgan fingerprint density at radius 2 is 0.800 bits per heavy atom. The molecule has 0 bridgehead atoms. The molecule has 0 aromatic heterocycles. The molecule has 2 radical (unpaired) electrons. The molecular weight excluding hydrogens is 190 g/mol. The van der Waals surface area contributed by atoms with Crippen molar-refractivity contribution in [2.24, 2.45) is 0 Å². The van der Waals surface area contributed by atoms with Crippen LogP contribution in [-0.4, -0.2) is 40.3 Å². The summed E-state index contributed by atoms with van der Waals surface area (Å²) in [6.45, 7) is 0. The zero-order valence-corrected chi connectivity index (χ0v) is 9.24. The first-order chi connectivity index (χ1) is 0. The fourth-order valence-corrected chi connectivity index (χ4v) is 0. The Bertz CT molecular complexity index is 10.8. The second-order valence-corrected chi connectivity index (χ2v) is 0. The van der Waals surface area contributed by atoms with E-state index >= 15 is 0 Å². The van der Waals surface area contributed by atoms with Crippen LogP contribution in [0.4, 0.5) is 0 Å². The van der Waals surface area contributed by atoms with Gasteiger partial charge in [-0.1, -0.05) is 0 Å². The van der Waals surface area contributed by atoms with Gasteiger partial charge in [0.15, 0.2) is 0 Å². The van der Waals surface area contributed by atoms with Crippen LogP contribution >= 0.6 is 0 Å². The Hall–Kier alpha value is 1.68. The monoisotopic (exact) mass is 200 g/mol. The van der Waals surface area contributed by atoms with E-state index < -0.39 is 0 Å². The average Bonchev–Trinajstić information content (AvgIpc) is 0. The topological polar surface area (TPSA) is 94.5 Å². The molecule has 3 nitrogen and oxygen atoms in total. The molecule has 5 heteroatoms. The molecule has 0 aliphatic rings. The first-order valence-electron chi connectivity index (χ1n) is 0. The predicted molar refractivity (Wildman–Crippen MR) is 20.5 cm³/mol. The van der Waals surface area contributed by atoms with Gasteiger partial charge < -0.3 is 17.9 Å². The van der Waals surface area contributed by atoms with Gasteiger partial charge in [0, 0.05) is 0 Å². The summed E-state index contributed by atoms with van der Waals surface area (Å²) in [5, 5.41) is 0. The summed E-state index contributed by atoms with van der Waals surface area (Å²) in [4.78, 5) is 0. The van der Waals surface area contributed by atoms with Crippen LogP contribution in [-0.2, 0) is 0 Å². The van der Waals surface area contributed by atoms with Crippen molar-refractivity contribution in [1.82, 2.24) is 0 Å². The van der Waals surface area contributed by atoms with Gasteiger partial charge >= 0.3 is 53.5 Å². The zero-order valence-electron chi connectivity index (χ0n) is 4.21. The van der Waals surface area contributed by atoms with E-state index in [1.165, 1.54) is 0 Å². The fourth-order valence-electron chi connectivity index (χ4n) is 0. The molecule has 0 aliphatic carbocycles. The molecule has 0 aliphatic heterocycles. The minimum absolute atomic E-state index is 0. The van der Waals surface area contributed by atoms with E-state index in [-0.39, 0.29) is 71.3 Å². The number of hydrogen-bond donors (Lipinski definition) is 0. The van der Waals surface area contributed by atoms with Gasteiger partial charge in [0.2, 0.25) is 0 Å². The summed E-state index contributed by atoms with van der Waals surface area (Å²) in [5.41, 5.74) is 0. The summed E-state index contributed by atoms with van der Waals surface area (Å²) in [5.74, 6) is 0. The first kappa shape index (κ1) is 76.4. The van der Waals surface area contributed by atoms with Crippen LogP contribution in [0.1, 0.15) is 1.43 Å². The van der Waals surface area contributed by atoms with Crippen LogP contribution in [0.5, 0.6) is 0 Å². The minimum atomic E-state index is 0. The van der Waals surface area contributed by atoms with Crippen LogP contribution in [0, 0.1) is 0 Å². The van der Waals surface area contributed by atoms with Gasteiger partial charge in [0.25, 0.3) is 0 Å². The Morgan fingerprint density at radius 1 is 0.800 bits per heavy atom. The summed E-state index contributed by atoms with van der Waals surface area (Å²) < 4.78 is 0. The third-order valence-electron chi connectivity index (χ3n) is 0. The molecule has 0 rings (SSSR count). The van der Waals surface area contributed by atoms with Gasteiger partial charge in [-0.2, -0.15) is 0 Å².